The van der Waals surface area contributed by atoms with Gasteiger partial charge >= 0.3 is 0 Å². The van der Waals surface area contributed by atoms with Gasteiger partial charge in [-0.3, -0.25) is 0 Å². The van der Waals surface area contributed by atoms with Gasteiger partial charge in [0.25, 0.3) is 0 Å². The summed E-state index contributed by atoms with van der Waals surface area (Å²) in [5, 5.41) is 11.3. The number of aliphatic hydroxyl groups excluding tert-OH is 1. The molecule has 1 heterocycles. The molecule has 0 spiro atoms. The Labute approximate surface area is 103 Å². The maximum atomic E-state index is 13.2. The molecule has 0 radical (unpaired) electrons. The predicted octanol–water partition coefficient (Wildman–Crippen LogP) is 1.47. The van der Waals surface area contributed by atoms with Gasteiger partial charge in [-0.2, -0.15) is 11.8 Å². The van der Waals surface area contributed by atoms with Gasteiger partial charge in [0, 0.05) is 25.0 Å². The summed E-state index contributed by atoms with van der Waals surface area (Å²) < 4.78 is 26.0. The second-order valence-corrected chi connectivity index (χ2v) is 4.53. The molecule has 4 nitrogen and oxygen atoms in total. The van der Waals surface area contributed by atoms with Crippen molar-refractivity contribution in [3.05, 3.63) is 17.7 Å². The number of nitrogens with zero attached hydrogens (tertiary/aromatic N) is 1. The van der Waals surface area contributed by atoms with E-state index >= 15 is 0 Å². The van der Waals surface area contributed by atoms with Crippen LogP contribution in [0.25, 0.3) is 0 Å². The lowest BCUT2D eigenvalue weighted by atomic mass is 10.4. The van der Waals surface area contributed by atoms with Gasteiger partial charge in [-0.25, -0.2) is 13.8 Å². The van der Waals surface area contributed by atoms with E-state index in [0.717, 1.165) is 17.9 Å². The molecule has 0 aliphatic rings. The number of anilines is 2. The van der Waals surface area contributed by atoms with Crippen LogP contribution in [-0.4, -0.2) is 34.7 Å². The summed E-state index contributed by atoms with van der Waals surface area (Å²) in [4.78, 5) is 3.57. The molecule has 1 rings (SSSR count). The first-order valence-corrected chi connectivity index (χ1v) is 6.34. The van der Waals surface area contributed by atoms with Crippen molar-refractivity contribution >= 4 is 23.4 Å². The lowest BCUT2D eigenvalue weighted by molar-refractivity contribution is 0.296. The molecule has 1 aromatic heterocycles. The Kier molecular flexibility index (Phi) is 5.99. The summed E-state index contributed by atoms with van der Waals surface area (Å²) in [6.45, 7) is 0.677. The summed E-state index contributed by atoms with van der Waals surface area (Å²) in [7, 11) is 0. The van der Waals surface area contributed by atoms with E-state index in [-0.39, 0.29) is 18.2 Å². The summed E-state index contributed by atoms with van der Waals surface area (Å²) >= 11 is 1.63. The van der Waals surface area contributed by atoms with Crippen molar-refractivity contribution in [2.24, 2.45) is 0 Å². The van der Waals surface area contributed by atoms with Crippen LogP contribution in [0.2, 0.25) is 0 Å². The number of nitrogens with one attached hydrogen (secondary N) is 1. The third-order valence-electron chi connectivity index (χ3n) is 1.94. The average molecular weight is 263 g/mol. The van der Waals surface area contributed by atoms with Gasteiger partial charge in [0.1, 0.15) is 0 Å². The molecule has 0 amide bonds. The maximum Gasteiger partial charge on any atom is 0.168 e. The van der Waals surface area contributed by atoms with E-state index in [1.807, 2.05) is 0 Å². The summed E-state index contributed by atoms with van der Waals surface area (Å²) in [5.74, 6) is -0.367. The number of rotatable bonds is 7. The number of thioether (sulfide) groups is 1. The zero-order valence-corrected chi connectivity index (χ0v) is 10.1. The topological polar surface area (TPSA) is 71.2 Å². The van der Waals surface area contributed by atoms with Gasteiger partial charge in [0.05, 0.1) is 0 Å². The number of halogens is 2. The molecule has 0 saturated carbocycles. The standard InChI is InChI=1S/C10H15F2N3OS/c11-7-6-8(12)10(15-9(7)13)14-2-5-17-4-1-3-16/h6,16H,1-5H2,(H3,13,14,15). The number of nitrogen functional groups attached to an aromatic ring is 1. The quantitative estimate of drug-likeness (QED) is 0.650. The highest BCUT2D eigenvalue weighted by Gasteiger charge is 2.08. The van der Waals surface area contributed by atoms with E-state index in [1.165, 1.54) is 0 Å². The highest BCUT2D eigenvalue weighted by atomic mass is 32.2. The van der Waals surface area contributed by atoms with Gasteiger partial charge in [0.2, 0.25) is 0 Å². The SMILES string of the molecule is Nc1nc(NCCSCCCO)c(F)cc1F. The van der Waals surface area contributed by atoms with Crippen LogP contribution in [0.15, 0.2) is 6.07 Å². The average Bonchev–Trinajstić information content (AvgIpc) is 2.30. The smallest absolute Gasteiger partial charge is 0.168 e. The van der Waals surface area contributed by atoms with E-state index in [1.54, 1.807) is 11.8 Å². The van der Waals surface area contributed by atoms with Crippen molar-refractivity contribution in [2.75, 3.05) is 35.7 Å². The molecular formula is C10H15F2N3OS. The molecular weight excluding hydrogens is 248 g/mol. The van der Waals surface area contributed by atoms with Crippen LogP contribution in [0.3, 0.4) is 0 Å². The number of hydrogen-bond acceptors (Lipinski definition) is 5. The fraction of sp³-hybridized carbons (Fsp3) is 0.500. The first-order valence-electron chi connectivity index (χ1n) is 5.19. The van der Waals surface area contributed by atoms with E-state index in [9.17, 15) is 8.78 Å². The molecule has 0 aliphatic carbocycles. The fourth-order valence-corrected chi connectivity index (χ4v) is 1.90. The van der Waals surface area contributed by atoms with Crippen molar-refractivity contribution in [3.8, 4) is 0 Å². The van der Waals surface area contributed by atoms with Gasteiger partial charge in [-0.1, -0.05) is 0 Å². The predicted molar refractivity (Wildman–Crippen MR) is 66.1 cm³/mol. The number of aromatic nitrogens is 1. The van der Waals surface area contributed by atoms with Crippen molar-refractivity contribution < 1.29 is 13.9 Å². The summed E-state index contributed by atoms with van der Waals surface area (Å²) in [6, 6.07) is 0.712. The Morgan fingerprint density at radius 2 is 2.12 bits per heavy atom. The van der Waals surface area contributed by atoms with Crippen molar-refractivity contribution in [2.45, 2.75) is 6.42 Å². The molecule has 0 bridgehead atoms. The molecule has 0 fully saturated rings. The molecule has 0 aromatic carbocycles. The van der Waals surface area contributed by atoms with E-state index in [2.05, 4.69) is 10.3 Å². The molecule has 4 N–H and O–H groups in total. The maximum absolute atomic E-state index is 13.2. The van der Waals surface area contributed by atoms with Crippen LogP contribution in [-0.2, 0) is 0 Å². The Bertz CT molecular complexity index is 366. The number of nitrogens with two attached hydrogens (primary N) is 1. The Balaban J connectivity index is 2.34. The third-order valence-corrected chi connectivity index (χ3v) is 3.01. The minimum atomic E-state index is -0.856. The monoisotopic (exact) mass is 263 g/mol. The van der Waals surface area contributed by atoms with Gasteiger partial charge in [-0.05, 0) is 12.2 Å². The van der Waals surface area contributed by atoms with Crippen LogP contribution in [0.1, 0.15) is 6.42 Å². The van der Waals surface area contributed by atoms with Crippen LogP contribution in [0.4, 0.5) is 20.4 Å². The van der Waals surface area contributed by atoms with Crippen LogP contribution in [0, 0.1) is 11.6 Å². The lowest BCUT2D eigenvalue weighted by Gasteiger charge is -2.07. The molecule has 7 heteroatoms. The second-order valence-electron chi connectivity index (χ2n) is 3.30. The van der Waals surface area contributed by atoms with E-state index < -0.39 is 11.6 Å². The van der Waals surface area contributed by atoms with Gasteiger partial charge in [-0.15, -0.1) is 0 Å². The van der Waals surface area contributed by atoms with Crippen LogP contribution < -0.4 is 11.1 Å². The van der Waals surface area contributed by atoms with Gasteiger partial charge < -0.3 is 16.2 Å². The first-order chi connectivity index (χ1) is 8.15. The summed E-state index contributed by atoms with van der Waals surface area (Å²) in [5.41, 5.74) is 5.23. The highest BCUT2D eigenvalue weighted by Crippen LogP contribution is 2.16. The Hall–Kier alpha value is -1.08. The zero-order chi connectivity index (χ0) is 12.7. The molecule has 1 aromatic rings. The minimum absolute atomic E-state index is 0.0355. The number of aliphatic hydroxyl groups is 1. The Morgan fingerprint density at radius 3 is 2.82 bits per heavy atom. The zero-order valence-electron chi connectivity index (χ0n) is 9.25. The molecule has 0 aliphatic heterocycles. The summed E-state index contributed by atoms with van der Waals surface area (Å²) in [6.07, 6.45) is 0.737. The highest BCUT2D eigenvalue weighted by molar-refractivity contribution is 7.99. The normalized spacial score (nSPS) is 10.5. The second kappa shape index (κ2) is 7.29. The van der Waals surface area contributed by atoms with Crippen LogP contribution >= 0.6 is 11.8 Å². The van der Waals surface area contributed by atoms with Crippen molar-refractivity contribution in [3.63, 3.8) is 0 Å². The van der Waals surface area contributed by atoms with Crippen molar-refractivity contribution in [1.82, 2.24) is 4.98 Å². The molecule has 0 atom stereocenters. The molecule has 96 valence electrons. The van der Waals surface area contributed by atoms with Crippen molar-refractivity contribution in [1.29, 1.82) is 0 Å². The minimum Gasteiger partial charge on any atom is -0.396 e. The molecule has 0 saturated heterocycles. The van der Waals surface area contributed by atoms with E-state index in [4.69, 9.17) is 10.8 Å². The fourth-order valence-electron chi connectivity index (χ4n) is 1.12. The van der Waals surface area contributed by atoms with Gasteiger partial charge in [0.15, 0.2) is 23.3 Å². The molecule has 0 unspecified atom stereocenters. The Morgan fingerprint density at radius 1 is 1.35 bits per heavy atom. The largest absolute Gasteiger partial charge is 0.396 e. The van der Waals surface area contributed by atoms with E-state index in [0.29, 0.717) is 12.6 Å². The number of hydrogen-bond donors (Lipinski definition) is 3. The lowest BCUT2D eigenvalue weighted by Crippen LogP contribution is -2.10. The molecule has 17 heavy (non-hydrogen) atoms. The first kappa shape index (κ1) is 14.0. The van der Waals surface area contributed by atoms with Crippen LogP contribution in [0.5, 0.6) is 0 Å². The number of pyridine rings is 1. The third kappa shape index (κ3) is 4.74.